The Bertz CT molecular complexity index is 497. The number of nitrogens with one attached hydrogen (secondary N) is 1. The number of nitrogens with zero attached hydrogens (tertiary/aromatic N) is 1. The van der Waals surface area contributed by atoms with Crippen LogP contribution in [0.4, 0.5) is 13.2 Å². The van der Waals surface area contributed by atoms with Crippen LogP contribution < -0.4 is 5.32 Å². The molecule has 2 rings (SSSR count). The van der Waals surface area contributed by atoms with E-state index in [9.17, 15) is 18.0 Å². The third kappa shape index (κ3) is 3.93. The van der Waals surface area contributed by atoms with Crippen LogP contribution in [-0.2, 0) is 6.18 Å². The Morgan fingerprint density at radius 1 is 1.33 bits per heavy atom. The highest BCUT2D eigenvalue weighted by molar-refractivity contribution is 5.94. The van der Waals surface area contributed by atoms with Crippen LogP contribution in [-0.4, -0.2) is 28.6 Å². The number of rotatable bonds is 3. The summed E-state index contributed by atoms with van der Waals surface area (Å²) < 4.78 is 38.5. The third-order valence-electron chi connectivity index (χ3n) is 3.77. The van der Waals surface area contributed by atoms with E-state index in [4.69, 9.17) is 5.11 Å². The van der Waals surface area contributed by atoms with Gasteiger partial charge in [-0.2, -0.15) is 13.2 Å². The Morgan fingerprint density at radius 2 is 2.00 bits per heavy atom. The number of amides is 1. The van der Waals surface area contributed by atoms with Gasteiger partial charge in [-0.3, -0.25) is 9.78 Å². The summed E-state index contributed by atoms with van der Waals surface area (Å²) in [7, 11) is 0. The average Bonchev–Trinajstić information content (AvgIpc) is 2.47. The Balaban J connectivity index is 2.05. The molecular formula is C14H17F3N2O2. The molecule has 1 aromatic rings. The van der Waals surface area contributed by atoms with Gasteiger partial charge >= 0.3 is 6.18 Å². The number of pyridine rings is 1. The Morgan fingerprint density at radius 3 is 2.57 bits per heavy atom. The predicted molar refractivity (Wildman–Crippen MR) is 69.5 cm³/mol. The van der Waals surface area contributed by atoms with Crippen LogP contribution in [0.2, 0.25) is 0 Å². The van der Waals surface area contributed by atoms with Gasteiger partial charge in [-0.05, 0) is 43.7 Å². The predicted octanol–water partition coefficient (Wildman–Crippen LogP) is 2.38. The summed E-state index contributed by atoms with van der Waals surface area (Å²) in [5.41, 5.74) is -1.61. The minimum Gasteiger partial charge on any atom is -0.396 e. The fourth-order valence-corrected chi connectivity index (χ4v) is 2.56. The molecule has 1 aromatic heterocycles. The zero-order valence-electron chi connectivity index (χ0n) is 11.4. The topological polar surface area (TPSA) is 62.2 Å². The molecule has 1 aliphatic rings. The first-order chi connectivity index (χ1) is 9.91. The van der Waals surface area contributed by atoms with Crippen LogP contribution in [0.15, 0.2) is 18.3 Å². The summed E-state index contributed by atoms with van der Waals surface area (Å²) in [6, 6.07) is 1.85. The summed E-state index contributed by atoms with van der Waals surface area (Å²) in [6.45, 7) is 0.110. The molecule has 0 atom stereocenters. The first kappa shape index (κ1) is 15.8. The lowest BCUT2D eigenvalue weighted by Gasteiger charge is -2.28. The molecule has 1 fully saturated rings. The van der Waals surface area contributed by atoms with E-state index in [1.165, 1.54) is 6.20 Å². The lowest BCUT2D eigenvalue weighted by molar-refractivity contribution is -0.138. The number of aliphatic hydroxyl groups is 1. The molecule has 1 saturated carbocycles. The normalized spacial score (nSPS) is 22.9. The minimum atomic E-state index is -4.60. The molecule has 21 heavy (non-hydrogen) atoms. The average molecular weight is 302 g/mol. The van der Waals surface area contributed by atoms with Crippen LogP contribution in [0.25, 0.3) is 0 Å². The van der Waals surface area contributed by atoms with Crippen molar-refractivity contribution in [1.82, 2.24) is 10.3 Å². The number of hydrogen-bond acceptors (Lipinski definition) is 3. The molecule has 0 aliphatic heterocycles. The van der Waals surface area contributed by atoms with Crippen molar-refractivity contribution >= 4 is 5.91 Å². The molecule has 0 unspecified atom stereocenters. The summed E-state index contributed by atoms with van der Waals surface area (Å²) in [5, 5.41) is 11.6. The molecule has 1 amide bonds. The maximum Gasteiger partial charge on any atom is 0.418 e. The summed E-state index contributed by atoms with van der Waals surface area (Å²) in [6.07, 6.45) is -0.593. The highest BCUT2D eigenvalue weighted by atomic mass is 19.4. The first-order valence-corrected chi connectivity index (χ1v) is 6.85. The summed E-state index contributed by atoms with van der Waals surface area (Å²) in [5.74, 6) is -0.575. The number of aliphatic hydroxyl groups excluding tert-OH is 1. The third-order valence-corrected chi connectivity index (χ3v) is 3.77. The quantitative estimate of drug-likeness (QED) is 0.901. The van der Waals surface area contributed by atoms with E-state index >= 15 is 0 Å². The monoisotopic (exact) mass is 302 g/mol. The van der Waals surface area contributed by atoms with E-state index in [0.717, 1.165) is 25.0 Å². The van der Waals surface area contributed by atoms with Crippen molar-refractivity contribution in [2.75, 3.05) is 6.61 Å². The fraction of sp³-hybridized carbons (Fsp3) is 0.571. The van der Waals surface area contributed by atoms with Gasteiger partial charge in [0, 0.05) is 18.8 Å². The molecule has 1 aliphatic carbocycles. The van der Waals surface area contributed by atoms with Gasteiger partial charge in [-0.15, -0.1) is 0 Å². The highest BCUT2D eigenvalue weighted by Crippen LogP contribution is 2.31. The van der Waals surface area contributed by atoms with Gasteiger partial charge < -0.3 is 10.4 Å². The number of halogens is 3. The van der Waals surface area contributed by atoms with Crippen molar-refractivity contribution in [3.63, 3.8) is 0 Å². The highest BCUT2D eigenvalue weighted by Gasteiger charge is 2.36. The van der Waals surface area contributed by atoms with Gasteiger partial charge in [0.1, 0.15) is 5.69 Å². The maximum atomic E-state index is 12.8. The van der Waals surface area contributed by atoms with Crippen molar-refractivity contribution in [1.29, 1.82) is 0 Å². The number of alkyl halides is 3. The summed E-state index contributed by atoms with van der Waals surface area (Å²) in [4.78, 5) is 15.6. The zero-order valence-corrected chi connectivity index (χ0v) is 11.4. The number of carbonyl (C=O) groups excluding carboxylic acids is 1. The SMILES string of the molecule is O=C(NC1CCC(CO)CC1)c1ncccc1C(F)(F)F. The molecule has 4 nitrogen and oxygen atoms in total. The smallest absolute Gasteiger partial charge is 0.396 e. The Hall–Kier alpha value is -1.63. The molecule has 1 heterocycles. The van der Waals surface area contributed by atoms with Gasteiger partial charge in [0.15, 0.2) is 0 Å². The van der Waals surface area contributed by atoms with E-state index in [1.54, 1.807) is 0 Å². The van der Waals surface area contributed by atoms with E-state index in [1.807, 2.05) is 0 Å². The molecule has 0 spiro atoms. The van der Waals surface area contributed by atoms with E-state index < -0.39 is 23.3 Å². The van der Waals surface area contributed by atoms with Crippen LogP contribution in [0.5, 0.6) is 0 Å². The molecule has 2 N–H and O–H groups in total. The van der Waals surface area contributed by atoms with Gasteiger partial charge in [-0.1, -0.05) is 0 Å². The van der Waals surface area contributed by atoms with Crippen LogP contribution in [0.3, 0.4) is 0 Å². The van der Waals surface area contributed by atoms with Crippen LogP contribution in [0.1, 0.15) is 41.7 Å². The van der Waals surface area contributed by atoms with E-state index in [-0.39, 0.29) is 18.6 Å². The first-order valence-electron chi connectivity index (χ1n) is 6.85. The molecule has 116 valence electrons. The summed E-state index contributed by atoms with van der Waals surface area (Å²) >= 11 is 0. The Labute approximate surface area is 120 Å². The second-order valence-corrected chi connectivity index (χ2v) is 5.27. The van der Waals surface area contributed by atoms with Gasteiger partial charge in [-0.25, -0.2) is 0 Å². The molecule has 0 saturated heterocycles. The zero-order chi connectivity index (χ0) is 15.5. The van der Waals surface area contributed by atoms with Gasteiger partial charge in [0.25, 0.3) is 5.91 Å². The molecule has 0 aromatic carbocycles. The van der Waals surface area contributed by atoms with E-state index in [2.05, 4.69) is 10.3 Å². The van der Waals surface area contributed by atoms with Crippen LogP contribution >= 0.6 is 0 Å². The van der Waals surface area contributed by atoms with Crippen molar-refractivity contribution in [2.45, 2.75) is 37.9 Å². The minimum absolute atomic E-state index is 0.110. The van der Waals surface area contributed by atoms with E-state index in [0.29, 0.717) is 12.8 Å². The standard InChI is InChI=1S/C14H17F3N2O2/c15-14(16,17)11-2-1-7-18-12(11)13(21)19-10-5-3-9(8-20)4-6-10/h1-2,7,9-10,20H,3-6,8H2,(H,19,21). The molecule has 7 heteroatoms. The van der Waals surface area contributed by atoms with Crippen LogP contribution in [0, 0.1) is 5.92 Å². The molecular weight excluding hydrogens is 285 g/mol. The second kappa shape index (κ2) is 6.43. The van der Waals surface area contributed by atoms with Gasteiger partial charge in [0.05, 0.1) is 5.56 Å². The number of aromatic nitrogens is 1. The number of carbonyl (C=O) groups is 1. The van der Waals surface area contributed by atoms with Crippen molar-refractivity contribution in [3.05, 3.63) is 29.6 Å². The second-order valence-electron chi connectivity index (χ2n) is 5.27. The van der Waals surface area contributed by atoms with Gasteiger partial charge in [0.2, 0.25) is 0 Å². The molecule has 0 radical (unpaired) electrons. The maximum absolute atomic E-state index is 12.8. The van der Waals surface area contributed by atoms with Crippen molar-refractivity contribution in [3.8, 4) is 0 Å². The lowest BCUT2D eigenvalue weighted by atomic mass is 9.86. The molecule has 0 bridgehead atoms. The van der Waals surface area contributed by atoms with Crippen molar-refractivity contribution < 1.29 is 23.1 Å². The fourth-order valence-electron chi connectivity index (χ4n) is 2.56. The number of hydrogen-bond donors (Lipinski definition) is 2. The lowest BCUT2D eigenvalue weighted by Crippen LogP contribution is -2.39. The largest absolute Gasteiger partial charge is 0.418 e. The Kier molecular flexibility index (Phi) is 4.82. The van der Waals surface area contributed by atoms with Crippen molar-refractivity contribution in [2.24, 2.45) is 5.92 Å².